The number of aliphatic hydroxyl groups excluding tert-OH is 7. The third-order valence-corrected chi connectivity index (χ3v) is 5.35. The molecular formula is C13H24O14P-. The molecule has 0 amide bonds. The number of phosphoric acid groups is 1. The van der Waals surface area contributed by atoms with Crippen LogP contribution in [0.25, 0.3) is 0 Å². The molecule has 11 atom stereocenters. The summed E-state index contributed by atoms with van der Waals surface area (Å²) < 4.78 is 36.1. The van der Waals surface area contributed by atoms with Gasteiger partial charge < -0.3 is 59.4 Å². The van der Waals surface area contributed by atoms with E-state index in [1.807, 2.05) is 0 Å². The van der Waals surface area contributed by atoms with E-state index in [9.17, 15) is 40.1 Å². The molecule has 7 N–H and O–H groups in total. The highest BCUT2D eigenvalue weighted by Crippen LogP contribution is 2.45. The SMILES string of the molecule is CO[C@H]1O[C@H](CO)[C@@H](O)[C@H](OP(=O)([O-])O[C@H]2O[C@H](CO)[C@@H](O)[C@H](O)[C@@H]2O)[C@@H]1O. The van der Waals surface area contributed by atoms with Crippen LogP contribution in [-0.2, 0) is 27.8 Å². The van der Waals surface area contributed by atoms with Crippen molar-refractivity contribution in [1.29, 1.82) is 0 Å². The van der Waals surface area contributed by atoms with Crippen molar-refractivity contribution in [3.05, 3.63) is 0 Å². The van der Waals surface area contributed by atoms with Crippen molar-refractivity contribution in [3.8, 4) is 0 Å². The maximum atomic E-state index is 12.2. The highest BCUT2D eigenvalue weighted by Gasteiger charge is 2.49. The van der Waals surface area contributed by atoms with Gasteiger partial charge in [-0.25, -0.2) is 0 Å². The van der Waals surface area contributed by atoms with E-state index in [-0.39, 0.29) is 0 Å². The van der Waals surface area contributed by atoms with Crippen molar-refractivity contribution < 1.29 is 68.5 Å². The van der Waals surface area contributed by atoms with Crippen molar-refractivity contribution in [1.82, 2.24) is 0 Å². The number of rotatable bonds is 7. The average molecular weight is 435 g/mol. The van der Waals surface area contributed by atoms with Crippen LogP contribution in [0.3, 0.4) is 0 Å². The van der Waals surface area contributed by atoms with Crippen LogP contribution in [0.15, 0.2) is 0 Å². The molecule has 0 aliphatic carbocycles. The average Bonchev–Trinajstić information content (AvgIpc) is 2.65. The molecule has 2 aliphatic rings. The van der Waals surface area contributed by atoms with Gasteiger partial charge in [0.1, 0.15) is 48.8 Å². The lowest BCUT2D eigenvalue weighted by atomic mass is 9.99. The summed E-state index contributed by atoms with van der Waals surface area (Å²) in [6, 6.07) is 0. The van der Waals surface area contributed by atoms with Crippen molar-refractivity contribution in [2.75, 3.05) is 20.3 Å². The number of ether oxygens (including phenoxy) is 3. The second kappa shape index (κ2) is 9.68. The molecule has 15 heteroatoms. The van der Waals surface area contributed by atoms with Crippen LogP contribution in [0.4, 0.5) is 0 Å². The van der Waals surface area contributed by atoms with Crippen LogP contribution in [0.2, 0.25) is 0 Å². The van der Waals surface area contributed by atoms with Gasteiger partial charge in [-0.1, -0.05) is 0 Å². The van der Waals surface area contributed by atoms with Gasteiger partial charge in [0.05, 0.1) is 13.2 Å². The number of phosphoric ester groups is 1. The second-order valence-electron chi connectivity index (χ2n) is 6.26. The molecule has 0 radical (unpaired) electrons. The Morgan fingerprint density at radius 3 is 1.89 bits per heavy atom. The van der Waals surface area contributed by atoms with Crippen LogP contribution in [0.1, 0.15) is 0 Å². The largest absolute Gasteiger partial charge is 0.756 e. The minimum absolute atomic E-state index is 0.746. The summed E-state index contributed by atoms with van der Waals surface area (Å²) in [6.07, 6.45) is -17.4. The van der Waals surface area contributed by atoms with E-state index in [1.165, 1.54) is 0 Å². The Bertz CT molecular complexity index is 531. The van der Waals surface area contributed by atoms with E-state index >= 15 is 0 Å². The van der Waals surface area contributed by atoms with Gasteiger partial charge in [-0.2, -0.15) is 0 Å². The third kappa shape index (κ3) is 5.06. The molecule has 28 heavy (non-hydrogen) atoms. The van der Waals surface area contributed by atoms with E-state index < -0.39 is 82.4 Å². The Kier molecular flexibility index (Phi) is 8.29. The van der Waals surface area contributed by atoms with Gasteiger partial charge >= 0.3 is 0 Å². The summed E-state index contributed by atoms with van der Waals surface area (Å²) in [5, 5.41) is 67.6. The lowest BCUT2D eigenvalue weighted by Gasteiger charge is -2.44. The monoisotopic (exact) mass is 435 g/mol. The third-order valence-electron chi connectivity index (χ3n) is 4.39. The molecule has 0 aromatic carbocycles. The fourth-order valence-electron chi connectivity index (χ4n) is 2.83. The van der Waals surface area contributed by atoms with Crippen LogP contribution in [0, 0.1) is 0 Å². The molecule has 2 aliphatic heterocycles. The minimum atomic E-state index is -5.42. The van der Waals surface area contributed by atoms with E-state index in [1.54, 1.807) is 0 Å². The summed E-state index contributed by atoms with van der Waals surface area (Å²) in [5.74, 6) is 0. The van der Waals surface area contributed by atoms with Gasteiger partial charge in [0.15, 0.2) is 12.6 Å². The van der Waals surface area contributed by atoms with Gasteiger partial charge in [-0.15, -0.1) is 0 Å². The predicted octanol–water partition coefficient (Wildman–Crippen LogP) is -5.26. The molecule has 2 saturated heterocycles. The zero-order valence-electron chi connectivity index (χ0n) is 14.6. The Labute approximate surface area is 159 Å². The number of aliphatic hydroxyl groups is 7. The normalized spacial score (nSPS) is 46.9. The summed E-state index contributed by atoms with van der Waals surface area (Å²) in [7, 11) is -4.30. The van der Waals surface area contributed by atoms with E-state index in [2.05, 4.69) is 9.05 Å². The Hall–Kier alpha value is -0.290. The molecule has 1 unspecified atom stereocenters. The molecule has 0 spiro atoms. The van der Waals surface area contributed by atoms with E-state index in [0.717, 1.165) is 7.11 Å². The summed E-state index contributed by atoms with van der Waals surface area (Å²) in [6.45, 7) is -1.57. The highest BCUT2D eigenvalue weighted by atomic mass is 31.2. The van der Waals surface area contributed by atoms with Crippen molar-refractivity contribution in [3.63, 3.8) is 0 Å². The first-order valence-corrected chi connectivity index (χ1v) is 9.66. The van der Waals surface area contributed by atoms with E-state index in [4.69, 9.17) is 19.3 Å². The summed E-state index contributed by atoms with van der Waals surface area (Å²) in [4.78, 5) is 12.2. The van der Waals surface area contributed by atoms with Gasteiger partial charge in [0.2, 0.25) is 0 Å². The fourth-order valence-corrected chi connectivity index (χ4v) is 3.85. The summed E-state index contributed by atoms with van der Waals surface area (Å²) >= 11 is 0. The standard InChI is InChI=1S/C13H25O14P/c1-23-12-10(20)11(7(17)5(3-15)24-12)26-28(21,22)27-13-9(19)8(18)6(16)4(2-14)25-13/h4-20H,2-3H2,1H3,(H,21,22)/p-1/t4-,5-,6-,7-,8+,9+,10+,11+,12+,13-/m1/s1. The first-order valence-electron chi connectivity index (χ1n) is 8.20. The van der Waals surface area contributed by atoms with Gasteiger partial charge in [-0.05, 0) is 0 Å². The van der Waals surface area contributed by atoms with Crippen LogP contribution < -0.4 is 4.89 Å². The maximum absolute atomic E-state index is 12.2. The Morgan fingerprint density at radius 2 is 1.36 bits per heavy atom. The second-order valence-corrected chi connectivity index (χ2v) is 7.58. The summed E-state index contributed by atoms with van der Waals surface area (Å²) in [5.41, 5.74) is 0. The minimum Gasteiger partial charge on any atom is -0.756 e. The number of hydrogen-bond acceptors (Lipinski definition) is 14. The van der Waals surface area contributed by atoms with Crippen LogP contribution >= 0.6 is 7.82 Å². The van der Waals surface area contributed by atoms with Crippen molar-refractivity contribution in [2.24, 2.45) is 0 Å². The Morgan fingerprint density at radius 1 is 0.821 bits per heavy atom. The topological polar surface area (TPSA) is 228 Å². The molecule has 166 valence electrons. The first-order chi connectivity index (χ1) is 13.1. The molecule has 2 heterocycles. The van der Waals surface area contributed by atoms with Crippen LogP contribution in [0.5, 0.6) is 0 Å². The molecule has 2 rings (SSSR count). The fraction of sp³-hybridized carbons (Fsp3) is 1.00. The van der Waals surface area contributed by atoms with Gasteiger partial charge in [0, 0.05) is 7.11 Å². The molecule has 0 aromatic heterocycles. The smallest absolute Gasteiger partial charge is 0.270 e. The molecule has 0 saturated carbocycles. The van der Waals surface area contributed by atoms with Crippen molar-refractivity contribution in [2.45, 2.75) is 61.4 Å². The lowest BCUT2D eigenvalue weighted by Crippen LogP contribution is -2.60. The maximum Gasteiger partial charge on any atom is 0.270 e. The molecule has 0 aromatic rings. The van der Waals surface area contributed by atoms with Gasteiger partial charge in [0.25, 0.3) is 7.82 Å². The lowest BCUT2D eigenvalue weighted by molar-refractivity contribution is -0.322. The predicted molar refractivity (Wildman–Crippen MR) is 82.1 cm³/mol. The highest BCUT2D eigenvalue weighted by molar-refractivity contribution is 7.45. The number of methoxy groups -OCH3 is 1. The molecular weight excluding hydrogens is 411 g/mol. The van der Waals surface area contributed by atoms with Gasteiger partial charge in [-0.3, -0.25) is 9.09 Å². The number of hydrogen-bond donors (Lipinski definition) is 7. The Balaban J connectivity index is 2.12. The first kappa shape index (κ1) is 24.0. The van der Waals surface area contributed by atoms with Crippen LogP contribution in [-0.4, -0.2) is 117 Å². The zero-order valence-corrected chi connectivity index (χ0v) is 15.5. The quantitative estimate of drug-likeness (QED) is 0.185. The molecule has 2 fully saturated rings. The zero-order chi connectivity index (χ0) is 21.2. The molecule has 0 bridgehead atoms. The van der Waals surface area contributed by atoms with Crippen molar-refractivity contribution >= 4 is 7.82 Å². The molecule has 14 nitrogen and oxygen atoms in total. The van der Waals surface area contributed by atoms with E-state index in [0.29, 0.717) is 0 Å².